The maximum absolute atomic E-state index is 11.4. The summed E-state index contributed by atoms with van der Waals surface area (Å²) >= 11 is 0. The summed E-state index contributed by atoms with van der Waals surface area (Å²) in [7, 11) is 0. The molecule has 0 aliphatic carbocycles. The van der Waals surface area contributed by atoms with Crippen LogP contribution in [-0.4, -0.2) is 43.2 Å². The van der Waals surface area contributed by atoms with Gasteiger partial charge in [-0.2, -0.15) is 0 Å². The lowest BCUT2D eigenvalue weighted by Gasteiger charge is -2.15. The number of amides is 1. The van der Waals surface area contributed by atoms with Crippen LogP contribution in [0.5, 0.6) is 0 Å². The van der Waals surface area contributed by atoms with E-state index in [0.717, 1.165) is 45.6 Å². The van der Waals surface area contributed by atoms with Crippen LogP contribution in [0.2, 0.25) is 0 Å². The predicted octanol–water partition coefficient (Wildman–Crippen LogP) is 0.753. The van der Waals surface area contributed by atoms with E-state index in [4.69, 9.17) is 10.5 Å². The summed E-state index contributed by atoms with van der Waals surface area (Å²) in [5.74, 6) is 0.101. The van der Waals surface area contributed by atoms with E-state index in [0.29, 0.717) is 0 Å². The van der Waals surface area contributed by atoms with Gasteiger partial charge in [0.05, 0.1) is 6.04 Å². The topological polar surface area (TPSA) is 55.6 Å². The molecule has 1 amide bonds. The Kier molecular flexibility index (Phi) is 5.65. The second-order valence-corrected chi connectivity index (χ2v) is 4.04. The minimum atomic E-state index is -0.258. The molecule has 1 aliphatic rings. The predicted molar refractivity (Wildman–Crippen MR) is 59.5 cm³/mol. The molecule has 0 aromatic carbocycles. The first kappa shape index (κ1) is 12.5. The van der Waals surface area contributed by atoms with Gasteiger partial charge >= 0.3 is 0 Å². The normalized spacial score (nSPS) is 21.3. The van der Waals surface area contributed by atoms with E-state index in [9.17, 15) is 4.79 Å². The zero-order chi connectivity index (χ0) is 11.1. The Balaban J connectivity index is 1.98. The van der Waals surface area contributed by atoms with Gasteiger partial charge in [-0.05, 0) is 19.3 Å². The van der Waals surface area contributed by atoms with Crippen molar-refractivity contribution in [1.82, 2.24) is 4.90 Å². The molecule has 15 heavy (non-hydrogen) atoms. The molecule has 0 bridgehead atoms. The SMILES string of the molecule is CCCCOCCCN1CCC(N)C1=O. The Labute approximate surface area is 91.8 Å². The maximum Gasteiger partial charge on any atom is 0.239 e. The number of nitrogens with zero attached hydrogens (tertiary/aromatic N) is 1. The van der Waals surface area contributed by atoms with Crippen LogP contribution < -0.4 is 5.73 Å². The molecule has 1 heterocycles. The van der Waals surface area contributed by atoms with Crippen LogP contribution in [0.1, 0.15) is 32.6 Å². The Morgan fingerprint density at radius 1 is 1.47 bits per heavy atom. The number of likely N-dealkylation sites (tertiary alicyclic amines) is 1. The Morgan fingerprint density at radius 2 is 2.20 bits per heavy atom. The van der Waals surface area contributed by atoms with Crippen molar-refractivity contribution in [3.63, 3.8) is 0 Å². The van der Waals surface area contributed by atoms with Gasteiger partial charge in [0, 0.05) is 26.3 Å². The fraction of sp³-hybridized carbons (Fsp3) is 0.909. The number of unbranched alkanes of at least 4 members (excludes halogenated alkanes) is 1. The van der Waals surface area contributed by atoms with Crippen LogP contribution in [0.3, 0.4) is 0 Å². The van der Waals surface area contributed by atoms with E-state index in [2.05, 4.69) is 6.92 Å². The highest BCUT2D eigenvalue weighted by Gasteiger charge is 2.27. The second-order valence-electron chi connectivity index (χ2n) is 4.04. The van der Waals surface area contributed by atoms with Crippen LogP contribution >= 0.6 is 0 Å². The van der Waals surface area contributed by atoms with Gasteiger partial charge in [0.15, 0.2) is 0 Å². The van der Waals surface area contributed by atoms with Crippen LogP contribution in [0, 0.1) is 0 Å². The van der Waals surface area contributed by atoms with Gasteiger partial charge in [-0.1, -0.05) is 13.3 Å². The number of carbonyl (C=O) groups excluding carboxylic acids is 1. The van der Waals surface area contributed by atoms with Crippen LogP contribution in [-0.2, 0) is 9.53 Å². The first-order valence-corrected chi connectivity index (χ1v) is 5.87. The zero-order valence-corrected chi connectivity index (χ0v) is 9.58. The van der Waals surface area contributed by atoms with Crippen molar-refractivity contribution in [2.24, 2.45) is 5.73 Å². The summed E-state index contributed by atoms with van der Waals surface area (Å²) in [5, 5.41) is 0. The van der Waals surface area contributed by atoms with Crippen molar-refractivity contribution in [1.29, 1.82) is 0 Å². The number of hydrogen-bond acceptors (Lipinski definition) is 3. The molecule has 0 spiro atoms. The highest BCUT2D eigenvalue weighted by Crippen LogP contribution is 2.09. The van der Waals surface area contributed by atoms with Gasteiger partial charge < -0.3 is 15.4 Å². The van der Waals surface area contributed by atoms with Crippen LogP contribution in [0.15, 0.2) is 0 Å². The van der Waals surface area contributed by atoms with Crippen molar-refractivity contribution in [2.75, 3.05) is 26.3 Å². The third kappa shape index (κ3) is 4.18. The van der Waals surface area contributed by atoms with E-state index < -0.39 is 0 Å². The molecule has 4 nitrogen and oxygen atoms in total. The van der Waals surface area contributed by atoms with Gasteiger partial charge in [0.1, 0.15) is 0 Å². The molecule has 0 saturated carbocycles. The summed E-state index contributed by atoms with van der Waals surface area (Å²) in [6, 6.07) is -0.258. The summed E-state index contributed by atoms with van der Waals surface area (Å²) in [6.07, 6.45) is 4.00. The molecule has 88 valence electrons. The molecule has 4 heteroatoms. The number of hydrogen-bond donors (Lipinski definition) is 1. The molecule has 0 aromatic heterocycles. The molecular weight excluding hydrogens is 192 g/mol. The second kappa shape index (κ2) is 6.80. The lowest BCUT2D eigenvalue weighted by molar-refractivity contribution is -0.128. The summed E-state index contributed by atoms with van der Waals surface area (Å²) < 4.78 is 5.43. The quantitative estimate of drug-likeness (QED) is 0.636. The molecule has 1 aliphatic heterocycles. The maximum atomic E-state index is 11.4. The van der Waals surface area contributed by atoms with E-state index in [1.807, 2.05) is 4.90 Å². The lowest BCUT2D eigenvalue weighted by Crippen LogP contribution is -2.34. The van der Waals surface area contributed by atoms with Crippen LogP contribution in [0.25, 0.3) is 0 Å². The van der Waals surface area contributed by atoms with Crippen molar-refractivity contribution in [3.05, 3.63) is 0 Å². The van der Waals surface area contributed by atoms with Gasteiger partial charge in [0.2, 0.25) is 5.91 Å². The smallest absolute Gasteiger partial charge is 0.239 e. The number of rotatable bonds is 7. The summed E-state index contributed by atoms with van der Waals surface area (Å²) in [5.41, 5.74) is 5.62. The molecule has 1 rings (SSSR count). The largest absolute Gasteiger partial charge is 0.381 e. The molecule has 1 saturated heterocycles. The van der Waals surface area contributed by atoms with E-state index >= 15 is 0 Å². The average molecular weight is 214 g/mol. The number of carbonyl (C=O) groups is 1. The summed E-state index contributed by atoms with van der Waals surface area (Å²) in [6.45, 7) is 5.34. The molecule has 1 atom stereocenters. The first-order valence-electron chi connectivity index (χ1n) is 5.87. The fourth-order valence-electron chi connectivity index (χ4n) is 1.69. The minimum Gasteiger partial charge on any atom is -0.381 e. The van der Waals surface area contributed by atoms with Crippen molar-refractivity contribution in [2.45, 2.75) is 38.6 Å². The zero-order valence-electron chi connectivity index (χ0n) is 9.58. The van der Waals surface area contributed by atoms with Gasteiger partial charge in [-0.25, -0.2) is 0 Å². The van der Waals surface area contributed by atoms with Gasteiger partial charge in [-0.3, -0.25) is 4.79 Å². The van der Waals surface area contributed by atoms with E-state index in [1.165, 1.54) is 6.42 Å². The van der Waals surface area contributed by atoms with Crippen molar-refractivity contribution < 1.29 is 9.53 Å². The monoisotopic (exact) mass is 214 g/mol. The lowest BCUT2D eigenvalue weighted by atomic mass is 10.3. The number of nitrogens with two attached hydrogens (primary N) is 1. The average Bonchev–Trinajstić information content (AvgIpc) is 2.54. The molecule has 1 fully saturated rings. The Bertz CT molecular complexity index is 197. The van der Waals surface area contributed by atoms with Crippen molar-refractivity contribution in [3.8, 4) is 0 Å². The molecular formula is C11H22N2O2. The molecule has 0 aromatic rings. The molecule has 0 radical (unpaired) electrons. The number of ether oxygens (including phenoxy) is 1. The highest BCUT2D eigenvalue weighted by atomic mass is 16.5. The summed E-state index contributed by atoms with van der Waals surface area (Å²) in [4.78, 5) is 13.3. The standard InChI is InChI=1S/C11H22N2O2/c1-2-3-8-15-9-4-6-13-7-5-10(12)11(13)14/h10H,2-9,12H2,1H3. The van der Waals surface area contributed by atoms with E-state index in [-0.39, 0.29) is 11.9 Å². The molecule has 1 unspecified atom stereocenters. The first-order chi connectivity index (χ1) is 7.25. The molecule has 2 N–H and O–H groups in total. The highest BCUT2D eigenvalue weighted by molar-refractivity contribution is 5.83. The third-order valence-corrected chi connectivity index (χ3v) is 2.70. The third-order valence-electron chi connectivity index (χ3n) is 2.70. The fourth-order valence-corrected chi connectivity index (χ4v) is 1.69. The van der Waals surface area contributed by atoms with Crippen molar-refractivity contribution >= 4 is 5.91 Å². The van der Waals surface area contributed by atoms with Gasteiger partial charge in [-0.15, -0.1) is 0 Å². The van der Waals surface area contributed by atoms with E-state index in [1.54, 1.807) is 0 Å². The Morgan fingerprint density at radius 3 is 2.80 bits per heavy atom. The van der Waals surface area contributed by atoms with Gasteiger partial charge in [0.25, 0.3) is 0 Å². The Hall–Kier alpha value is -0.610. The van der Waals surface area contributed by atoms with Crippen LogP contribution in [0.4, 0.5) is 0 Å². The minimum absolute atomic E-state index is 0.101.